The van der Waals surface area contributed by atoms with Crippen molar-refractivity contribution in [1.82, 2.24) is 19.7 Å². The van der Waals surface area contributed by atoms with Crippen LogP contribution in [0.1, 0.15) is 36.5 Å². The van der Waals surface area contributed by atoms with Gasteiger partial charge in [0.25, 0.3) is 0 Å². The SMILES string of the molecule is Cc1ccc(C(C)C)c(N2C(=O)CS/C2=N\C(=O)Nc2ccc(CNc3ncn(-c4ccc(OC(F)(F)F)cc4)n3)cn2)c1. The van der Waals surface area contributed by atoms with E-state index in [2.05, 4.69) is 35.4 Å². The first-order valence-electron chi connectivity index (χ1n) is 13.4. The number of rotatable bonds is 8. The van der Waals surface area contributed by atoms with Crippen molar-refractivity contribution in [3.63, 3.8) is 0 Å². The second-order valence-corrected chi connectivity index (χ2v) is 11.0. The third-order valence-electron chi connectivity index (χ3n) is 6.35. The highest BCUT2D eigenvalue weighted by Crippen LogP contribution is 2.34. The molecular formula is C29H27F3N8O3S. The van der Waals surface area contributed by atoms with Gasteiger partial charge >= 0.3 is 12.4 Å². The summed E-state index contributed by atoms with van der Waals surface area (Å²) >= 11 is 1.21. The molecule has 0 saturated carbocycles. The van der Waals surface area contributed by atoms with Crippen LogP contribution in [0, 0.1) is 6.92 Å². The fourth-order valence-electron chi connectivity index (χ4n) is 4.29. The van der Waals surface area contributed by atoms with Crippen molar-refractivity contribution in [2.45, 2.75) is 39.6 Å². The lowest BCUT2D eigenvalue weighted by Crippen LogP contribution is -2.31. The summed E-state index contributed by atoms with van der Waals surface area (Å²) in [4.78, 5) is 39.6. The number of carbonyl (C=O) groups excluding carboxylic acids is 2. The number of amides is 3. The molecule has 1 aliphatic rings. The van der Waals surface area contributed by atoms with Gasteiger partial charge in [0.2, 0.25) is 11.9 Å². The zero-order valence-electron chi connectivity index (χ0n) is 23.8. The summed E-state index contributed by atoms with van der Waals surface area (Å²) in [6.45, 7) is 6.35. The number of pyridine rings is 1. The first-order chi connectivity index (χ1) is 20.9. The Balaban J connectivity index is 1.18. The van der Waals surface area contributed by atoms with Gasteiger partial charge < -0.3 is 10.1 Å². The number of thioether (sulfide) groups is 1. The quantitative estimate of drug-likeness (QED) is 0.235. The van der Waals surface area contributed by atoms with E-state index in [4.69, 9.17) is 0 Å². The summed E-state index contributed by atoms with van der Waals surface area (Å²) in [5.41, 5.74) is 3.97. The zero-order chi connectivity index (χ0) is 31.4. The third kappa shape index (κ3) is 7.53. The number of benzene rings is 2. The first-order valence-corrected chi connectivity index (χ1v) is 14.4. The van der Waals surface area contributed by atoms with Gasteiger partial charge in [0.15, 0.2) is 5.17 Å². The van der Waals surface area contributed by atoms with E-state index in [1.165, 1.54) is 51.9 Å². The maximum Gasteiger partial charge on any atom is 0.573 e. The van der Waals surface area contributed by atoms with Gasteiger partial charge in [-0.3, -0.25) is 15.0 Å². The molecule has 0 radical (unpaired) electrons. The van der Waals surface area contributed by atoms with Crippen LogP contribution >= 0.6 is 11.8 Å². The minimum absolute atomic E-state index is 0.142. The number of alkyl halides is 3. The van der Waals surface area contributed by atoms with Gasteiger partial charge in [0.05, 0.1) is 17.1 Å². The van der Waals surface area contributed by atoms with Gasteiger partial charge in [-0.15, -0.1) is 18.3 Å². The fourth-order valence-corrected chi connectivity index (χ4v) is 5.15. The topological polar surface area (TPSA) is 127 Å². The lowest BCUT2D eigenvalue weighted by molar-refractivity contribution is -0.274. The Morgan fingerprint density at radius 3 is 2.57 bits per heavy atom. The Kier molecular flexibility index (Phi) is 8.85. The molecule has 5 rings (SSSR count). The number of anilines is 3. The van der Waals surface area contributed by atoms with Crippen LogP contribution < -0.4 is 20.3 Å². The van der Waals surface area contributed by atoms with Gasteiger partial charge in [-0.05, 0) is 65.9 Å². The third-order valence-corrected chi connectivity index (χ3v) is 7.27. The molecule has 0 aliphatic carbocycles. The van der Waals surface area contributed by atoms with Crippen molar-refractivity contribution < 1.29 is 27.5 Å². The van der Waals surface area contributed by atoms with E-state index in [1.54, 1.807) is 18.3 Å². The highest BCUT2D eigenvalue weighted by molar-refractivity contribution is 8.15. The number of urea groups is 1. The van der Waals surface area contributed by atoms with Crippen molar-refractivity contribution in [3.8, 4) is 11.4 Å². The maximum absolute atomic E-state index is 12.8. The first kappa shape index (κ1) is 30.5. The van der Waals surface area contributed by atoms with Crippen LogP contribution in [0.15, 0.2) is 72.1 Å². The zero-order valence-corrected chi connectivity index (χ0v) is 24.6. The van der Waals surface area contributed by atoms with E-state index < -0.39 is 12.4 Å². The summed E-state index contributed by atoms with van der Waals surface area (Å²) in [6, 6.07) is 13.8. The molecule has 2 aromatic carbocycles. The molecule has 3 heterocycles. The minimum Gasteiger partial charge on any atom is -0.406 e. The number of aryl methyl sites for hydroxylation is 1. The summed E-state index contributed by atoms with van der Waals surface area (Å²) in [7, 11) is 0. The van der Waals surface area contributed by atoms with Crippen LogP contribution in [-0.2, 0) is 11.3 Å². The molecule has 228 valence electrons. The number of carbonyl (C=O) groups is 2. The largest absolute Gasteiger partial charge is 0.573 e. The number of aromatic nitrogens is 4. The van der Waals surface area contributed by atoms with E-state index in [-0.39, 0.29) is 35.1 Å². The molecule has 0 atom stereocenters. The second kappa shape index (κ2) is 12.8. The van der Waals surface area contributed by atoms with Gasteiger partial charge in [-0.25, -0.2) is 19.4 Å². The molecule has 11 nitrogen and oxygen atoms in total. The Bertz CT molecular complexity index is 1690. The highest BCUT2D eigenvalue weighted by atomic mass is 32.2. The van der Waals surface area contributed by atoms with Crippen LogP contribution in [0.5, 0.6) is 5.75 Å². The van der Waals surface area contributed by atoms with Crippen LogP contribution in [0.4, 0.5) is 35.4 Å². The molecule has 0 bridgehead atoms. The average Bonchev–Trinajstić information content (AvgIpc) is 3.58. The Hall–Kier alpha value is -4.92. The monoisotopic (exact) mass is 624 g/mol. The molecule has 44 heavy (non-hydrogen) atoms. The summed E-state index contributed by atoms with van der Waals surface area (Å²) in [5.74, 6) is 0.450. The van der Waals surface area contributed by atoms with E-state index in [1.807, 2.05) is 39.0 Å². The van der Waals surface area contributed by atoms with Crippen LogP contribution in [0.2, 0.25) is 0 Å². The smallest absolute Gasteiger partial charge is 0.406 e. The Morgan fingerprint density at radius 2 is 1.89 bits per heavy atom. The number of nitrogens with zero attached hydrogens (tertiary/aromatic N) is 6. The molecule has 1 aliphatic heterocycles. The summed E-state index contributed by atoms with van der Waals surface area (Å²) < 4.78 is 42.4. The van der Waals surface area contributed by atoms with E-state index in [9.17, 15) is 22.8 Å². The number of hydrogen-bond acceptors (Lipinski definition) is 8. The predicted octanol–water partition coefficient (Wildman–Crippen LogP) is 6.27. The van der Waals surface area contributed by atoms with E-state index >= 15 is 0 Å². The molecule has 15 heteroatoms. The lowest BCUT2D eigenvalue weighted by Gasteiger charge is -2.22. The van der Waals surface area contributed by atoms with Crippen molar-refractivity contribution >= 4 is 46.3 Å². The van der Waals surface area contributed by atoms with Gasteiger partial charge in [0, 0.05) is 12.7 Å². The molecule has 3 amide bonds. The van der Waals surface area contributed by atoms with Gasteiger partial charge in [0.1, 0.15) is 17.9 Å². The minimum atomic E-state index is -4.77. The van der Waals surface area contributed by atoms with E-state index in [0.29, 0.717) is 17.4 Å². The fraction of sp³-hybridized carbons (Fsp3) is 0.241. The number of amidine groups is 1. The van der Waals surface area contributed by atoms with Crippen molar-refractivity contribution in [2.75, 3.05) is 21.3 Å². The summed E-state index contributed by atoms with van der Waals surface area (Å²) in [5, 5.41) is 10.2. The number of ether oxygens (including phenoxy) is 1. The summed E-state index contributed by atoms with van der Waals surface area (Å²) in [6.07, 6.45) is -1.79. The predicted molar refractivity (Wildman–Crippen MR) is 161 cm³/mol. The standard InChI is InChI=1S/C29H27F3N8O3S/c1-17(2)22-10-4-18(3)12-23(22)40-25(41)15-44-28(40)37-27(42)36-24-11-5-19(13-33-24)14-34-26-35-16-39(38-26)20-6-8-21(9-7-20)43-29(30,31)32/h4-13,16-17H,14-15H2,1-3H3,(H,34,38)(H,33,36,42)/b37-28-. The molecule has 4 aromatic rings. The lowest BCUT2D eigenvalue weighted by atomic mass is 9.99. The molecular weight excluding hydrogens is 597 g/mol. The Labute approximate surface area is 254 Å². The highest BCUT2D eigenvalue weighted by Gasteiger charge is 2.33. The van der Waals surface area contributed by atoms with Crippen LogP contribution in [0.25, 0.3) is 5.69 Å². The van der Waals surface area contributed by atoms with Gasteiger partial charge in [-0.2, -0.15) is 4.99 Å². The molecule has 2 N–H and O–H groups in total. The number of aliphatic imine (C=N–C) groups is 1. The van der Waals surface area contributed by atoms with E-state index in [0.717, 1.165) is 22.4 Å². The average molecular weight is 625 g/mol. The van der Waals surface area contributed by atoms with Gasteiger partial charge in [-0.1, -0.05) is 43.8 Å². The number of nitrogens with one attached hydrogen (secondary N) is 2. The molecule has 0 unspecified atom stereocenters. The Morgan fingerprint density at radius 1 is 1.11 bits per heavy atom. The molecule has 2 aromatic heterocycles. The molecule has 1 saturated heterocycles. The second-order valence-electron chi connectivity index (χ2n) is 10.0. The van der Waals surface area contributed by atoms with Crippen molar-refractivity contribution in [1.29, 1.82) is 0 Å². The van der Waals surface area contributed by atoms with Crippen molar-refractivity contribution in [3.05, 3.63) is 83.8 Å². The molecule has 1 fully saturated rings. The molecule has 0 spiro atoms. The normalized spacial score (nSPS) is 14.4. The van der Waals surface area contributed by atoms with Crippen LogP contribution in [-0.4, -0.2) is 49.0 Å². The number of hydrogen-bond donors (Lipinski definition) is 2. The maximum atomic E-state index is 12.8. The number of halogens is 3. The van der Waals surface area contributed by atoms with Crippen molar-refractivity contribution in [2.24, 2.45) is 4.99 Å². The van der Waals surface area contributed by atoms with Crippen LogP contribution in [0.3, 0.4) is 0 Å².